The topological polar surface area (TPSA) is 37.8 Å². The zero-order valence-electron chi connectivity index (χ0n) is 7.91. The predicted octanol–water partition coefficient (Wildman–Crippen LogP) is 2.29. The Labute approximate surface area is 78.2 Å². The van der Waals surface area contributed by atoms with E-state index in [0.29, 0.717) is 5.95 Å². The van der Waals surface area contributed by atoms with E-state index >= 15 is 0 Å². The van der Waals surface area contributed by atoms with E-state index < -0.39 is 0 Å². The number of nitrogens with zero attached hydrogens (tertiary/aromatic N) is 2. The van der Waals surface area contributed by atoms with Crippen LogP contribution in [0.25, 0.3) is 0 Å². The Kier molecular flexibility index (Phi) is 3.20. The van der Waals surface area contributed by atoms with Crippen LogP contribution in [0.2, 0.25) is 0 Å². The van der Waals surface area contributed by atoms with Crippen molar-refractivity contribution in [1.29, 1.82) is 0 Å². The fourth-order valence-electron chi connectivity index (χ4n) is 0.827. The molecule has 0 aliphatic heterocycles. The van der Waals surface area contributed by atoms with E-state index in [1.807, 2.05) is 19.9 Å². The largest absolute Gasteiger partial charge is 0.325 e. The lowest BCUT2D eigenvalue weighted by molar-refractivity contribution is 1.12. The molecule has 0 aromatic carbocycles. The average Bonchev–Trinajstić information content (AvgIpc) is 2.17. The van der Waals surface area contributed by atoms with Gasteiger partial charge in [0.15, 0.2) is 0 Å². The van der Waals surface area contributed by atoms with E-state index in [1.165, 1.54) is 0 Å². The highest BCUT2D eigenvalue weighted by atomic mass is 15.1. The summed E-state index contributed by atoms with van der Waals surface area (Å²) in [4.78, 5) is 8.21. The standard InChI is InChI=1S/C10H13N3/c1-4-9(5-2)13-10-11-6-8(3)7-12-10/h4-7H,1H2,2-3H3,(H,11,12,13)/b9-5+. The van der Waals surface area contributed by atoms with Crippen LogP contribution in [0, 0.1) is 6.92 Å². The Morgan fingerprint density at radius 1 is 1.46 bits per heavy atom. The maximum absolute atomic E-state index is 4.10. The van der Waals surface area contributed by atoms with Gasteiger partial charge in [-0.15, -0.1) is 0 Å². The van der Waals surface area contributed by atoms with Crippen molar-refractivity contribution in [2.75, 3.05) is 5.32 Å². The highest BCUT2D eigenvalue weighted by molar-refractivity contribution is 5.38. The van der Waals surface area contributed by atoms with Crippen LogP contribution >= 0.6 is 0 Å². The molecule has 0 unspecified atom stereocenters. The molecular weight excluding hydrogens is 162 g/mol. The van der Waals surface area contributed by atoms with E-state index in [9.17, 15) is 0 Å². The molecule has 1 aromatic heterocycles. The molecule has 0 aliphatic rings. The Morgan fingerprint density at radius 2 is 2.08 bits per heavy atom. The van der Waals surface area contributed by atoms with Gasteiger partial charge in [0.2, 0.25) is 5.95 Å². The summed E-state index contributed by atoms with van der Waals surface area (Å²) in [5, 5.41) is 3.03. The van der Waals surface area contributed by atoms with Crippen molar-refractivity contribution in [3.05, 3.63) is 42.4 Å². The van der Waals surface area contributed by atoms with Gasteiger partial charge >= 0.3 is 0 Å². The molecule has 3 heteroatoms. The van der Waals surface area contributed by atoms with Gasteiger partial charge in [-0.3, -0.25) is 0 Å². The molecule has 13 heavy (non-hydrogen) atoms. The summed E-state index contributed by atoms with van der Waals surface area (Å²) in [5.74, 6) is 0.596. The summed E-state index contributed by atoms with van der Waals surface area (Å²) in [5.41, 5.74) is 1.95. The molecule has 1 aromatic rings. The third kappa shape index (κ3) is 2.71. The molecule has 0 saturated heterocycles. The van der Waals surface area contributed by atoms with Crippen LogP contribution < -0.4 is 5.32 Å². The van der Waals surface area contributed by atoms with Crippen molar-refractivity contribution < 1.29 is 0 Å². The van der Waals surface area contributed by atoms with Crippen LogP contribution in [0.3, 0.4) is 0 Å². The quantitative estimate of drug-likeness (QED) is 0.716. The smallest absolute Gasteiger partial charge is 0.227 e. The summed E-state index contributed by atoms with van der Waals surface area (Å²) in [7, 11) is 0. The lowest BCUT2D eigenvalue weighted by Gasteiger charge is -2.03. The first-order valence-electron chi connectivity index (χ1n) is 4.10. The second kappa shape index (κ2) is 4.40. The number of hydrogen-bond donors (Lipinski definition) is 1. The number of anilines is 1. The third-order valence-corrected chi connectivity index (χ3v) is 1.57. The lowest BCUT2D eigenvalue weighted by atomic mass is 10.4. The van der Waals surface area contributed by atoms with Crippen LogP contribution in [0.1, 0.15) is 12.5 Å². The average molecular weight is 175 g/mol. The highest BCUT2D eigenvalue weighted by Crippen LogP contribution is 2.03. The Balaban J connectivity index is 2.74. The van der Waals surface area contributed by atoms with Crippen LogP contribution in [-0.2, 0) is 0 Å². The van der Waals surface area contributed by atoms with Crippen LogP contribution in [0.4, 0.5) is 5.95 Å². The minimum Gasteiger partial charge on any atom is -0.325 e. The molecule has 0 fully saturated rings. The molecule has 0 bridgehead atoms. The minimum atomic E-state index is 0.596. The number of aryl methyl sites for hydroxylation is 1. The Hall–Kier alpha value is -1.64. The Bertz CT molecular complexity index is 311. The molecule has 0 amide bonds. The summed E-state index contributed by atoms with van der Waals surface area (Å²) in [6.45, 7) is 7.54. The predicted molar refractivity (Wildman–Crippen MR) is 54.3 cm³/mol. The number of aromatic nitrogens is 2. The summed E-state index contributed by atoms with van der Waals surface area (Å²) in [6.07, 6.45) is 7.18. The third-order valence-electron chi connectivity index (χ3n) is 1.57. The van der Waals surface area contributed by atoms with E-state index in [-0.39, 0.29) is 0 Å². The van der Waals surface area contributed by atoms with E-state index in [1.54, 1.807) is 18.5 Å². The number of rotatable bonds is 3. The normalized spacial score (nSPS) is 11.1. The van der Waals surface area contributed by atoms with Gasteiger partial charge in [0.1, 0.15) is 0 Å². The molecule has 0 aliphatic carbocycles. The van der Waals surface area contributed by atoms with Gasteiger partial charge in [0.05, 0.1) is 0 Å². The van der Waals surface area contributed by atoms with Crippen molar-refractivity contribution in [1.82, 2.24) is 9.97 Å². The highest BCUT2D eigenvalue weighted by Gasteiger charge is 1.94. The lowest BCUT2D eigenvalue weighted by Crippen LogP contribution is -2.00. The minimum absolute atomic E-state index is 0.596. The SMILES string of the molecule is C=C/C(=C\C)Nc1ncc(C)cn1. The van der Waals surface area contributed by atoms with Crippen LogP contribution in [-0.4, -0.2) is 9.97 Å². The van der Waals surface area contributed by atoms with E-state index in [2.05, 4.69) is 21.9 Å². The number of hydrogen-bond acceptors (Lipinski definition) is 3. The maximum atomic E-state index is 4.10. The first-order chi connectivity index (χ1) is 6.26. The molecule has 0 atom stereocenters. The monoisotopic (exact) mass is 175 g/mol. The zero-order valence-corrected chi connectivity index (χ0v) is 7.91. The van der Waals surface area contributed by atoms with E-state index in [0.717, 1.165) is 11.3 Å². The first-order valence-corrected chi connectivity index (χ1v) is 4.10. The van der Waals surface area contributed by atoms with Crippen molar-refractivity contribution in [3.63, 3.8) is 0 Å². The van der Waals surface area contributed by atoms with Crippen molar-refractivity contribution in [2.24, 2.45) is 0 Å². The molecule has 1 rings (SSSR count). The molecule has 68 valence electrons. The molecule has 0 radical (unpaired) electrons. The van der Waals surface area contributed by atoms with Crippen LogP contribution in [0.5, 0.6) is 0 Å². The first kappa shape index (κ1) is 9.45. The second-order valence-electron chi connectivity index (χ2n) is 2.66. The molecule has 3 nitrogen and oxygen atoms in total. The van der Waals surface area contributed by atoms with Gasteiger partial charge < -0.3 is 5.32 Å². The van der Waals surface area contributed by atoms with Gasteiger partial charge in [0, 0.05) is 18.1 Å². The second-order valence-corrected chi connectivity index (χ2v) is 2.66. The van der Waals surface area contributed by atoms with E-state index in [4.69, 9.17) is 0 Å². The number of allylic oxidation sites excluding steroid dienone is 2. The maximum Gasteiger partial charge on any atom is 0.227 e. The van der Waals surface area contributed by atoms with Crippen molar-refractivity contribution in [2.45, 2.75) is 13.8 Å². The van der Waals surface area contributed by atoms with Gasteiger partial charge in [-0.05, 0) is 25.5 Å². The molecule has 1 heterocycles. The van der Waals surface area contributed by atoms with Gasteiger partial charge in [-0.25, -0.2) is 9.97 Å². The fourth-order valence-corrected chi connectivity index (χ4v) is 0.827. The fraction of sp³-hybridized carbons (Fsp3) is 0.200. The molecule has 0 saturated carbocycles. The van der Waals surface area contributed by atoms with Crippen LogP contribution in [0.15, 0.2) is 36.8 Å². The molecule has 0 spiro atoms. The van der Waals surface area contributed by atoms with Gasteiger partial charge in [-0.2, -0.15) is 0 Å². The zero-order chi connectivity index (χ0) is 9.68. The summed E-state index contributed by atoms with van der Waals surface area (Å²) in [6, 6.07) is 0. The molecule has 1 N–H and O–H groups in total. The van der Waals surface area contributed by atoms with Crippen molar-refractivity contribution >= 4 is 5.95 Å². The van der Waals surface area contributed by atoms with Gasteiger partial charge in [-0.1, -0.05) is 12.7 Å². The number of nitrogens with one attached hydrogen (secondary N) is 1. The Morgan fingerprint density at radius 3 is 2.54 bits per heavy atom. The summed E-state index contributed by atoms with van der Waals surface area (Å²) < 4.78 is 0. The van der Waals surface area contributed by atoms with Gasteiger partial charge in [0.25, 0.3) is 0 Å². The van der Waals surface area contributed by atoms with Crippen molar-refractivity contribution in [3.8, 4) is 0 Å². The molecular formula is C10H13N3. The summed E-state index contributed by atoms with van der Waals surface area (Å²) >= 11 is 0.